The molecule has 1 N–H and O–H groups in total. The van der Waals surface area contributed by atoms with Crippen LogP contribution in [0.3, 0.4) is 0 Å². The number of carbonyl (C=O) groups excluding carboxylic acids is 2. The van der Waals surface area contributed by atoms with Gasteiger partial charge in [-0.25, -0.2) is 0 Å². The molecule has 106 valence electrons. The standard InChI is InChI=1S/C12H10Cl3N3O2/c1-7(19)9(18-16)10(8-5-3-2-4-6-8)17-11(20)12(13,14)15/h2-6,10H,1H3,(H,17,20). The molecule has 0 heterocycles. The second kappa shape index (κ2) is 6.86. The molecule has 0 aliphatic carbocycles. The Balaban J connectivity index is 3.20. The zero-order valence-corrected chi connectivity index (χ0v) is 12.6. The molecule has 5 nitrogen and oxygen atoms in total. The molecule has 0 fully saturated rings. The Morgan fingerprint density at radius 1 is 1.25 bits per heavy atom. The second-order valence-corrected chi connectivity index (χ2v) is 6.14. The van der Waals surface area contributed by atoms with Crippen LogP contribution in [-0.2, 0) is 9.59 Å². The van der Waals surface area contributed by atoms with E-state index in [1.54, 1.807) is 30.3 Å². The van der Waals surface area contributed by atoms with Crippen LogP contribution in [0.25, 0.3) is 5.53 Å². The summed E-state index contributed by atoms with van der Waals surface area (Å²) in [6.07, 6.45) is 0. The minimum absolute atomic E-state index is 0.265. The highest BCUT2D eigenvalue weighted by molar-refractivity contribution is 6.76. The van der Waals surface area contributed by atoms with Gasteiger partial charge in [0.05, 0.1) is 0 Å². The summed E-state index contributed by atoms with van der Waals surface area (Å²) in [5, 5.41) is 2.36. The van der Waals surface area contributed by atoms with E-state index < -0.39 is 21.5 Å². The average molecular weight is 335 g/mol. The lowest BCUT2D eigenvalue weighted by molar-refractivity contribution is -0.121. The van der Waals surface area contributed by atoms with Crippen molar-refractivity contribution in [1.29, 1.82) is 0 Å². The fraction of sp³-hybridized carbons (Fsp3) is 0.250. The Bertz CT molecular complexity index is 563. The molecule has 0 saturated heterocycles. The molecule has 0 spiro atoms. The molecule has 0 aliphatic rings. The van der Waals surface area contributed by atoms with Crippen molar-refractivity contribution >= 4 is 52.2 Å². The van der Waals surface area contributed by atoms with Gasteiger partial charge in [-0.3, -0.25) is 9.59 Å². The summed E-state index contributed by atoms with van der Waals surface area (Å²) in [6, 6.07) is 7.40. The lowest BCUT2D eigenvalue weighted by Crippen LogP contribution is -2.42. The van der Waals surface area contributed by atoms with Crippen LogP contribution in [-0.4, -0.2) is 26.0 Å². The maximum Gasteiger partial charge on any atom is 0.360 e. The zero-order valence-electron chi connectivity index (χ0n) is 10.3. The number of halogens is 3. The molecule has 8 heteroatoms. The fourth-order valence-electron chi connectivity index (χ4n) is 1.50. The number of nitrogens with one attached hydrogen (secondary N) is 1. The van der Waals surface area contributed by atoms with Gasteiger partial charge in [0.25, 0.3) is 9.70 Å². The lowest BCUT2D eigenvalue weighted by Gasteiger charge is -2.17. The van der Waals surface area contributed by atoms with Gasteiger partial charge in [-0.1, -0.05) is 65.1 Å². The van der Waals surface area contributed by atoms with Gasteiger partial charge in [0, 0.05) is 6.92 Å². The predicted octanol–water partition coefficient (Wildman–Crippen LogP) is 2.47. The maximum atomic E-state index is 11.7. The molecule has 1 amide bonds. The van der Waals surface area contributed by atoms with Gasteiger partial charge < -0.3 is 10.8 Å². The summed E-state index contributed by atoms with van der Waals surface area (Å²) < 4.78 is -2.19. The van der Waals surface area contributed by atoms with Gasteiger partial charge in [-0.2, -0.15) is 4.79 Å². The highest BCUT2D eigenvalue weighted by Crippen LogP contribution is 2.27. The topological polar surface area (TPSA) is 82.6 Å². The van der Waals surface area contributed by atoms with Crippen molar-refractivity contribution in [2.24, 2.45) is 0 Å². The molecule has 0 aromatic heterocycles. The molecule has 0 saturated carbocycles. The summed E-state index contributed by atoms with van der Waals surface area (Å²) >= 11 is 16.4. The molecular weight excluding hydrogens is 325 g/mol. The number of benzene rings is 1. The van der Waals surface area contributed by atoms with E-state index in [1.807, 2.05) is 0 Å². The normalized spacial score (nSPS) is 12.2. The Morgan fingerprint density at radius 2 is 1.80 bits per heavy atom. The summed E-state index contributed by atoms with van der Waals surface area (Å²) in [7, 11) is 0. The van der Waals surface area contributed by atoms with Crippen LogP contribution in [0.5, 0.6) is 0 Å². The highest BCUT2D eigenvalue weighted by atomic mass is 35.6. The lowest BCUT2D eigenvalue weighted by atomic mass is 10.00. The number of nitrogens with zero attached hydrogens (tertiary/aromatic N) is 2. The third kappa shape index (κ3) is 4.32. The van der Waals surface area contributed by atoms with Crippen LogP contribution in [0, 0.1) is 0 Å². The monoisotopic (exact) mass is 333 g/mol. The quantitative estimate of drug-likeness (QED) is 0.397. The predicted molar refractivity (Wildman–Crippen MR) is 76.9 cm³/mol. The molecular formula is C12H10Cl3N3O2. The van der Waals surface area contributed by atoms with Gasteiger partial charge in [0.2, 0.25) is 5.78 Å². The molecule has 1 unspecified atom stereocenters. The minimum Gasteiger partial charge on any atom is -0.361 e. The number of carbonyl (C=O) groups is 2. The Labute approximate surface area is 130 Å². The minimum atomic E-state index is -2.19. The Morgan fingerprint density at radius 3 is 2.20 bits per heavy atom. The van der Waals surface area contributed by atoms with Crippen molar-refractivity contribution in [3.05, 3.63) is 41.4 Å². The molecule has 0 bridgehead atoms. The van der Waals surface area contributed by atoms with Crippen LogP contribution in [0.1, 0.15) is 18.5 Å². The summed E-state index contributed by atoms with van der Waals surface area (Å²) in [6.45, 7) is 1.20. The smallest absolute Gasteiger partial charge is 0.360 e. The zero-order chi connectivity index (χ0) is 15.3. The summed E-state index contributed by atoms with van der Waals surface area (Å²) in [4.78, 5) is 26.1. The first-order chi connectivity index (χ1) is 9.27. The molecule has 0 aliphatic heterocycles. The van der Waals surface area contributed by atoms with Crippen LogP contribution in [0.15, 0.2) is 30.3 Å². The second-order valence-electron chi connectivity index (χ2n) is 3.86. The number of rotatable bonds is 4. The van der Waals surface area contributed by atoms with E-state index in [4.69, 9.17) is 40.3 Å². The van der Waals surface area contributed by atoms with Crippen LogP contribution in [0.4, 0.5) is 0 Å². The number of amides is 1. The van der Waals surface area contributed by atoms with E-state index >= 15 is 0 Å². The summed E-state index contributed by atoms with van der Waals surface area (Å²) in [5.41, 5.74) is 9.21. The van der Waals surface area contributed by atoms with Crippen LogP contribution >= 0.6 is 34.8 Å². The number of Topliss-reactive ketones (excluding diaryl/α,β-unsaturated/α-hetero) is 1. The average Bonchev–Trinajstić information content (AvgIpc) is 2.37. The first kappa shape index (κ1) is 16.7. The van der Waals surface area contributed by atoms with Gasteiger partial charge in [0.1, 0.15) is 0 Å². The number of hydrogen-bond acceptors (Lipinski definition) is 2. The van der Waals surface area contributed by atoms with Crippen LogP contribution < -0.4 is 5.32 Å². The van der Waals surface area contributed by atoms with Crippen LogP contribution in [0.2, 0.25) is 0 Å². The van der Waals surface area contributed by atoms with Crippen molar-refractivity contribution < 1.29 is 14.4 Å². The molecule has 1 aromatic rings. The Kier molecular flexibility index (Phi) is 5.72. The van der Waals surface area contributed by atoms with E-state index in [0.29, 0.717) is 5.56 Å². The number of ketones is 1. The third-order valence-corrected chi connectivity index (χ3v) is 2.92. The SMILES string of the molecule is CC(=O)C(=[N+]=[N-])C(NC(=O)C(Cl)(Cl)Cl)c1ccccc1. The maximum absolute atomic E-state index is 11.7. The van der Waals surface area contributed by atoms with Gasteiger partial charge >= 0.3 is 5.71 Å². The Hall–Kier alpha value is -1.39. The van der Waals surface area contributed by atoms with Gasteiger partial charge in [-0.05, 0) is 5.56 Å². The van der Waals surface area contributed by atoms with Gasteiger partial charge in [0.15, 0.2) is 6.04 Å². The fourth-order valence-corrected chi connectivity index (χ4v) is 1.66. The molecule has 1 atom stereocenters. The third-order valence-electron chi connectivity index (χ3n) is 2.41. The van der Waals surface area contributed by atoms with E-state index in [-0.39, 0.29) is 5.71 Å². The summed E-state index contributed by atoms with van der Waals surface area (Å²) in [5.74, 6) is -1.45. The number of hydrogen-bond donors (Lipinski definition) is 1. The highest BCUT2D eigenvalue weighted by Gasteiger charge is 2.37. The van der Waals surface area contributed by atoms with E-state index in [1.165, 1.54) is 6.92 Å². The van der Waals surface area contributed by atoms with Crippen molar-refractivity contribution in [2.75, 3.05) is 0 Å². The first-order valence-electron chi connectivity index (χ1n) is 5.43. The molecule has 20 heavy (non-hydrogen) atoms. The first-order valence-corrected chi connectivity index (χ1v) is 6.56. The van der Waals surface area contributed by atoms with Crippen molar-refractivity contribution in [1.82, 2.24) is 5.32 Å². The largest absolute Gasteiger partial charge is 0.361 e. The van der Waals surface area contributed by atoms with Crippen molar-refractivity contribution in [3.8, 4) is 0 Å². The van der Waals surface area contributed by atoms with Gasteiger partial charge in [-0.15, -0.1) is 0 Å². The van der Waals surface area contributed by atoms with E-state index in [0.717, 1.165) is 0 Å². The van der Waals surface area contributed by atoms with Crippen molar-refractivity contribution in [2.45, 2.75) is 16.8 Å². The number of alkyl halides is 3. The van der Waals surface area contributed by atoms with E-state index in [2.05, 4.69) is 10.1 Å². The molecule has 1 aromatic carbocycles. The van der Waals surface area contributed by atoms with Crippen molar-refractivity contribution in [3.63, 3.8) is 0 Å². The molecule has 0 radical (unpaired) electrons. The molecule has 1 rings (SSSR count). The van der Waals surface area contributed by atoms with E-state index in [9.17, 15) is 9.59 Å².